The number of carboxylic acids is 1. The molecule has 23 heavy (non-hydrogen) atoms. The molecule has 2 amide bonds. The van der Waals surface area contributed by atoms with E-state index >= 15 is 0 Å². The number of carbonyl (C=O) groups is 2. The van der Waals surface area contributed by atoms with Crippen LogP contribution in [0.25, 0.3) is 0 Å². The second-order valence-corrected chi connectivity index (χ2v) is 5.20. The Kier molecular flexibility index (Phi) is 5.74. The van der Waals surface area contributed by atoms with Crippen LogP contribution in [0.1, 0.15) is 24.8 Å². The zero-order chi connectivity index (χ0) is 16.7. The van der Waals surface area contributed by atoms with Crippen molar-refractivity contribution in [1.82, 2.24) is 15.2 Å². The highest BCUT2D eigenvalue weighted by Gasteiger charge is 2.27. The number of aromatic nitrogens is 1. The highest BCUT2D eigenvalue weighted by atomic mass is 16.5. The zero-order valence-corrected chi connectivity index (χ0v) is 12.6. The summed E-state index contributed by atoms with van der Waals surface area (Å²) >= 11 is 0. The van der Waals surface area contributed by atoms with Crippen LogP contribution in [0.15, 0.2) is 18.3 Å². The lowest BCUT2D eigenvalue weighted by Crippen LogP contribution is -2.39. The molecule has 2 rings (SSSR count). The molecule has 1 aliphatic rings. The largest absolute Gasteiger partial charge is 0.481 e. The average molecular weight is 318 g/mol. The summed E-state index contributed by atoms with van der Waals surface area (Å²) in [6.07, 6.45) is 2.45. The average Bonchev–Trinajstić information content (AvgIpc) is 3.00. The first-order valence-electron chi connectivity index (χ1n) is 7.36. The fourth-order valence-electron chi connectivity index (χ4n) is 2.24. The number of pyridine rings is 1. The molecule has 0 saturated carbocycles. The Morgan fingerprint density at radius 2 is 2.35 bits per heavy atom. The summed E-state index contributed by atoms with van der Waals surface area (Å²) in [5.41, 5.74) is 0.464. The summed E-state index contributed by atoms with van der Waals surface area (Å²) < 4.78 is 5.69. The van der Waals surface area contributed by atoms with Gasteiger partial charge in [-0.3, -0.25) is 4.79 Å². The van der Waals surface area contributed by atoms with E-state index < -0.39 is 5.97 Å². The first-order chi connectivity index (χ1) is 11.1. The van der Waals surface area contributed by atoms with E-state index in [-0.39, 0.29) is 18.6 Å². The second-order valence-electron chi connectivity index (χ2n) is 5.20. The Balaban J connectivity index is 1.73. The van der Waals surface area contributed by atoms with Crippen molar-refractivity contribution in [3.05, 3.63) is 23.9 Å². The zero-order valence-electron chi connectivity index (χ0n) is 12.6. The van der Waals surface area contributed by atoms with Gasteiger partial charge in [0.15, 0.2) is 0 Å². The summed E-state index contributed by atoms with van der Waals surface area (Å²) in [7, 11) is 0. The van der Waals surface area contributed by atoms with Crippen molar-refractivity contribution in [1.29, 1.82) is 5.26 Å². The van der Waals surface area contributed by atoms with Gasteiger partial charge in [0.05, 0.1) is 12.1 Å². The third-order valence-corrected chi connectivity index (χ3v) is 3.43. The molecule has 1 unspecified atom stereocenters. The van der Waals surface area contributed by atoms with Gasteiger partial charge in [0.1, 0.15) is 12.2 Å². The molecule has 1 saturated heterocycles. The number of nitrogens with zero attached hydrogens (tertiary/aromatic N) is 3. The maximum absolute atomic E-state index is 11.9. The van der Waals surface area contributed by atoms with Crippen LogP contribution in [0.5, 0.6) is 5.88 Å². The Morgan fingerprint density at radius 3 is 3.00 bits per heavy atom. The third kappa shape index (κ3) is 5.14. The molecule has 0 radical (unpaired) electrons. The highest BCUT2D eigenvalue weighted by Crippen LogP contribution is 2.16. The number of rotatable bonds is 6. The minimum atomic E-state index is -0.871. The molecular weight excluding hydrogens is 300 g/mol. The Bertz CT molecular complexity index is 596. The first kappa shape index (κ1) is 16.5. The molecule has 1 aliphatic heterocycles. The highest BCUT2D eigenvalue weighted by molar-refractivity contribution is 5.74. The number of hydrogen-bond acceptors (Lipinski definition) is 5. The number of urea groups is 1. The van der Waals surface area contributed by atoms with Crippen molar-refractivity contribution >= 4 is 12.0 Å². The monoisotopic (exact) mass is 318 g/mol. The van der Waals surface area contributed by atoms with Crippen LogP contribution in [-0.2, 0) is 4.79 Å². The number of carboxylic acid groups (broad SMARTS) is 1. The molecule has 1 aromatic heterocycles. The van der Waals surface area contributed by atoms with Gasteiger partial charge >= 0.3 is 12.0 Å². The quantitative estimate of drug-likeness (QED) is 0.755. The number of aliphatic carboxylic acids is 1. The van der Waals surface area contributed by atoms with E-state index in [9.17, 15) is 9.59 Å². The van der Waals surface area contributed by atoms with E-state index in [1.807, 2.05) is 6.07 Å². The van der Waals surface area contributed by atoms with Crippen LogP contribution in [0.2, 0.25) is 0 Å². The van der Waals surface area contributed by atoms with Crippen LogP contribution in [0.3, 0.4) is 0 Å². The fraction of sp³-hybridized carbons (Fsp3) is 0.467. The van der Waals surface area contributed by atoms with E-state index in [0.717, 1.165) is 0 Å². The van der Waals surface area contributed by atoms with Gasteiger partial charge < -0.3 is 20.1 Å². The maximum Gasteiger partial charge on any atom is 0.317 e. The number of ether oxygens (including phenoxy) is 1. The number of nitriles is 1. The molecular formula is C15H18N4O4. The summed E-state index contributed by atoms with van der Waals surface area (Å²) in [5, 5.41) is 19.9. The lowest BCUT2D eigenvalue weighted by Gasteiger charge is -2.17. The summed E-state index contributed by atoms with van der Waals surface area (Å²) in [5.74, 6) is -0.443. The van der Waals surface area contributed by atoms with Crippen molar-refractivity contribution in [3.63, 3.8) is 0 Å². The van der Waals surface area contributed by atoms with Gasteiger partial charge in [-0.2, -0.15) is 5.26 Å². The topological polar surface area (TPSA) is 116 Å². The molecule has 1 fully saturated rings. The molecule has 0 aromatic carbocycles. The van der Waals surface area contributed by atoms with Crippen LogP contribution in [-0.4, -0.2) is 52.7 Å². The van der Waals surface area contributed by atoms with Gasteiger partial charge in [-0.15, -0.1) is 0 Å². The van der Waals surface area contributed by atoms with Crippen molar-refractivity contribution in [2.24, 2.45) is 0 Å². The van der Waals surface area contributed by atoms with Gasteiger partial charge in [0.2, 0.25) is 5.88 Å². The van der Waals surface area contributed by atoms with Crippen molar-refractivity contribution in [2.75, 3.05) is 19.6 Å². The molecule has 122 valence electrons. The van der Waals surface area contributed by atoms with E-state index in [0.29, 0.717) is 43.9 Å². The number of hydrogen-bond donors (Lipinski definition) is 2. The molecule has 0 aliphatic carbocycles. The first-order valence-corrected chi connectivity index (χ1v) is 7.36. The lowest BCUT2D eigenvalue weighted by atomic mass is 10.3. The number of carbonyl (C=O) groups excluding carboxylic acids is 1. The predicted molar refractivity (Wildman–Crippen MR) is 79.8 cm³/mol. The fourth-order valence-corrected chi connectivity index (χ4v) is 2.24. The molecule has 1 atom stereocenters. The summed E-state index contributed by atoms with van der Waals surface area (Å²) in [6.45, 7) is 1.36. The Hall–Kier alpha value is -2.82. The van der Waals surface area contributed by atoms with Crippen LogP contribution in [0.4, 0.5) is 4.79 Å². The SMILES string of the molecule is N#Cc1ccc(OC2CCN(C(=O)NCCCC(=O)O)C2)nc1. The molecule has 0 spiro atoms. The molecule has 2 N–H and O–H groups in total. The van der Waals surface area contributed by atoms with E-state index in [1.54, 1.807) is 17.0 Å². The minimum Gasteiger partial charge on any atom is -0.481 e. The Labute approximate surface area is 133 Å². The molecule has 2 heterocycles. The Morgan fingerprint density at radius 1 is 1.52 bits per heavy atom. The van der Waals surface area contributed by atoms with Crippen molar-refractivity contribution in [3.8, 4) is 11.9 Å². The molecule has 1 aromatic rings. The van der Waals surface area contributed by atoms with Gasteiger partial charge in [-0.25, -0.2) is 9.78 Å². The lowest BCUT2D eigenvalue weighted by molar-refractivity contribution is -0.137. The van der Waals surface area contributed by atoms with E-state index in [2.05, 4.69) is 10.3 Å². The van der Waals surface area contributed by atoms with E-state index in [4.69, 9.17) is 15.1 Å². The van der Waals surface area contributed by atoms with Crippen molar-refractivity contribution in [2.45, 2.75) is 25.4 Å². The van der Waals surface area contributed by atoms with Crippen LogP contribution < -0.4 is 10.1 Å². The standard InChI is InChI=1S/C15H18N4O4/c16-8-11-3-4-13(18-9-11)23-12-5-7-19(10-12)15(22)17-6-1-2-14(20)21/h3-4,9,12H,1-2,5-7,10H2,(H,17,22)(H,20,21). The second kappa shape index (κ2) is 7.98. The van der Waals surface area contributed by atoms with Gasteiger partial charge in [-0.05, 0) is 12.5 Å². The minimum absolute atomic E-state index is 0.0381. The van der Waals surface area contributed by atoms with Crippen LogP contribution >= 0.6 is 0 Å². The van der Waals surface area contributed by atoms with Gasteiger partial charge in [-0.1, -0.05) is 0 Å². The third-order valence-electron chi connectivity index (χ3n) is 3.43. The van der Waals surface area contributed by atoms with Crippen molar-refractivity contribution < 1.29 is 19.4 Å². The molecule has 8 nitrogen and oxygen atoms in total. The smallest absolute Gasteiger partial charge is 0.317 e. The van der Waals surface area contributed by atoms with Crippen LogP contribution in [0, 0.1) is 11.3 Å². The molecule has 8 heteroatoms. The number of likely N-dealkylation sites (tertiary alicyclic amines) is 1. The predicted octanol–water partition coefficient (Wildman–Crippen LogP) is 0.981. The molecule has 0 bridgehead atoms. The maximum atomic E-state index is 11.9. The number of nitrogens with one attached hydrogen (secondary N) is 1. The summed E-state index contributed by atoms with van der Waals surface area (Å²) in [6, 6.07) is 5.03. The van der Waals surface area contributed by atoms with E-state index in [1.165, 1.54) is 6.20 Å². The summed E-state index contributed by atoms with van der Waals surface area (Å²) in [4.78, 5) is 28.0. The normalized spacial score (nSPS) is 16.7. The van der Waals surface area contributed by atoms with Gasteiger partial charge in [0.25, 0.3) is 0 Å². The number of amides is 2. The van der Waals surface area contributed by atoms with Gasteiger partial charge in [0, 0.05) is 38.2 Å².